The standard InChI is InChI=1S/C28H35N5O4S/c1-7-35-21-13-11-10-12-20(21)30-26(34)24-18(6)29-27-31-28(38-9-3)32-33(27)25(24)19-14-15-22(37-17(4)5)23(16-19)36-8-2/h10-17,25H,7-9H2,1-6H3,(H,30,34)(H,29,31,32). The smallest absolute Gasteiger partial charge is 0.255 e. The second-order valence-corrected chi connectivity index (χ2v) is 10.1. The van der Waals surface area contributed by atoms with Crippen LogP contribution in [0.1, 0.15) is 53.1 Å². The van der Waals surface area contributed by atoms with Gasteiger partial charge in [-0.2, -0.15) is 4.98 Å². The number of nitrogens with one attached hydrogen (secondary N) is 2. The second-order valence-electron chi connectivity index (χ2n) is 8.85. The molecule has 0 fully saturated rings. The molecule has 1 unspecified atom stereocenters. The minimum Gasteiger partial charge on any atom is -0.492 e. The number of benzene rings is 2. The Bertz CT molecular complexity index is 1320. The summed E-state index contributed by atoms with van der Waals surface area (Å²) in [5.41, 5.74) is 2.63. The number of para-hydroxylation sites is 2. The molecular weight excluding hydrogens is 502 g/mol. The van der Waals surface area contributed by atoms with Crippen LogP contribution in [0.15, 0.2) is 58.9 Å². The van der Waals surface area contributed by atoms with Gasteiger partial charge in [-0.15, -0.1) is 5.10 Å². The third-order valence-corrected chi connectivity index (χ3v) is 6.45. The van der Waals surface area contributed by atoms with Gasteiger partial charge in [-0.25, -0.2) is 4.68 Å². The number of thioether (sulfide) groups is 1. The molecule has 2 aromatic carbocycles. The summed E-state index contributed by atoms with van der Waals surface area (Å²) in [5.74, 6) is 3.02. The molecular formula is C28H35N5O4S. The van der Waals surface area contributed by atoms with Crippen molar-refractivity contribution in [1.29, 1.82) is 0 Å². The van der Waals surface area contributed by atoms with Gasteiger partial charge in [0.1, 0.15) is 11.8 Å². The van der Waals surface area contributed by atoms with E-state index in [9.17, 15) is 4.79 Å². The second kappa shape index (κ2) is 12.3. The van der Waals surface area contributed by atoms with E-state index >= 15 is 0 Å². The zero-order valence-electron chi connectivity index (χ0n) is 22.7. The van der Waals surface area contributed by atoms with Gasteiger partial charge >= 0.3 is 0 Å². The monoisotopic (exact) mass is 537 g/mol. The molecule has 0 bridgehead atoms. The highest BCUT2D eigenvalue weighted by Crippen LogP contribution is 2.40. The number of anilines is 2. The number of aromatic nitrogens is 3. The van der Waals surface area contributed by atoms with Gasteiger partial charge in [0.15, 0.2) is 11.5 Å². The van der Waals surface area contributed by atoms with E-state index in [-0.39, 0.29) is 12.0 Å². The number of allylic oxidation sites excluding steroid dienone is 1. The Morgan fingerprint density at radius 3 is 2.53 bits per heavy atom. The van der Waals surface area contributed by atoms with E-state index in [0.29, 0.717) is 58.5 Å². The van der Waals surface area contributed by atoms with Gasteiger partial charge in [0, 0.05) is 5.70 Å². The van der Waals surface area contributed by atoms with Crippen molar-refractivity contribution in [2.75, 3.05) is 29.6 Å². The molecule has 3 aromatic rings. The summed E-state index contributed by atoms with van der Waals surface area (Å²) in [4.78, 5) is 18.6. The molecule has 2 heterocycles. The number of nitrogens with zero attached hydrogens (tertiary/aromatic N) is 3. The molecule has 4 rings (SSSR count). The van der Waals surface area contributed by atoms with Crippen LogP contribution in [-0.2, 0) is 4.79 Å². The summed E-state index contributed by atoms with van der Waals surface area (Å²) in [6, 6.07) is 12.6. The maximum Gasteiger partial charge on any atom is 0.255 e. The van der Waals surface area contributed by atoms with Crippen LogP contribution in [0.4, 0.5) is 11.6 Å². The molecule has 1 amide bonds. The normalized spacial score (nSPS) is 14.7. The van der Waals surface area contributed by atoms with Crippen LogP contribution in [0, 0.1) is 0 Å². The van der Waals surface area contributed by atoms with Crippen LogP contribution in [-0.4, -0.2) is 45.7 Å². The molecule has 0 saturated heterocycles. The summed E-state index contributed by atoms with van der Waals surface area (Å²) >= 11 is 1.54. The molecule has 1 aliphatic heterocycles. The highest BCUT2D eigenvalue weighted by Gasteiger charge is 2.35. The molecule has 202 valence electrons. The van der Waals surface area contributed by atoms with E-state index in [1.165, 1.54) is 0 Å². The number of hydrogen-bond donors (Lipinski definition) is 2. The fourth-order valence-electron chi connectivity index (χ4n) is 4.28. The summed E-state index contributed by atoms with van der Waals surface area (Å²) in [6.45, 7) is 12.7. The lowest BCUT2D eigenvalue weighted by Gasteiger charge is -2.29. The predicted molar refractivity (Wildman–Crippen MR) is 150 cm³/mol. The number of ether oxygens (including phenoxy) is 3. The molecule has 10 heteroatoms. The molecule has 0 aliphatic carbocycles. The Hall–Kier alpha value is -3.66. The van der Waals surface area contributed by atoms with Crippen LogP contribution in [0.25, 0.3) is 0 Å². The minimum absolute atomic E-state index is 0.0108. The van der Waals surface area contributed by atoms with E-state index < -0.39 is 6.04 Å². The third kappa shape index (κ3) is 5.91. The lowest BCUT2D eigenvalue weighted by atomic mass is 9.94. The number of fused-ring (bicyclic) bond motifs is 1. The maximum absolute atomic E-state index is 13.9. The van der Waals surface area contributed by atoms with Crippen molar-refractivity contribution >= 4 is 29.3 Å². The molecule has 2 N–H and O–H groups in total. The van der Waals surface area contributed by atoms with Gasteiger partial charge in [0.2, 0.25) is 11.1 Å². The molecule has 1 aliphatic rings. The third-order valence-electron chi connectivity index (χ3n) is 5.73. The summed E-state index contributed by atoms with van der Waals surface area (Å²) in [5, 5.41) is 11.7. The van der Waals surface area contributed by atoms with Gasteiger partial charge in [-0.05, 0) is 70.2 Å². The molecule has 38 heavy (non-hydrogen) atoms. The van der Waals surface area contributed by atoms with Gasteiger partial charge < -0.3 is 24.8 Å². The van der Waals surface area contributed by atoms with Crippen molar-refractivity contribution in [2.24, 2.45) is 0 Å². The number of carbonyl (C=O) groups is 1. The van der Waals surface area contributed by atoms with E-state index in [1.54, 1.807) is 16.4 Å². The van der Waals surface area contributed by atoms with Crippen molar-refractivity contribution in [1.82, 2.24) is 14.8 Å². The number of carbonyl (C=O) groups excluding carboxylic acids is 1. The average molecular weight is 538 g/mol. The topological polar surface area (TPSA) is 99.5 Å². The van der Waals surface area contributed by atoms with Gasteiger partial charge in [0.05, 0.1) is 30.6 Å². The molecule has 1 atom stereocenters. The Morgan fingerprint density at radius 1 is 1.08 bits per heavy atom. The molecule has 0 saturated carbocycles. The summed E-state index contributed by atoms with van der Waals surface area (Å²) in [6.07, 6.45) is -0.0108. The van der Waals surface area contributed by atoms with Gasteiger partial charge in [-0.1, -0.05) is 36.9 Å². The van der Waals surface area contributed by atoms with E-state index in [1.807, 2.05) is 77.1 Å². The highest BCUT2D eigenvalue weighted by molar-refractivity contribution is 7.99. The van der Waals surface area contributed by atoms with Crippen LogP contribution in [0.2, 0.25) is 0 Å². The van der Waals surface area contributed by atoms with Crippen molar-refractivity contribution in [3.8, 4) is 17.2 Å². The van der Waals surface area contributed by atoms with Crippen molar-refractivity contribution in [3.63, 3.8) is 0 Å². The van der Waals surface area contributed by atoms with E-state index in [2.05, 4.69) is 22.5 Å². The molecule has 1 aromatic heterocycles. The van der Waals surface area contributed by atoms with E-state index in [0.717, 1.165) is 11.3 Å². The lowest BCUT2D eigenvalue weighted by molar-refractivity contribution is -0.113. The molecule has 0 radical (unpaired) electrons. The van der Waals surface area contributed by atoms with Crippen molar-refractivity contribution < 1.29 is 19.0 Å². The van der Waals surface area contributed by atoms with Crippen LogP contribution >= 0.6 is 11.8 Å². The summed E-state index contributed by atoms with van der Waals surface area (Å²) < 4.78 is 19.4. The van der Waals surface area contributed by atoms with Crippen molar-refractivity contribution in [3.05, 3.63) is 59.3 Å². The van der Waals surface area contributed by atoms with Gasteiger partial charge in [-0.3, -0.25) is 4.79 Å². The first-order chi connectivity index (χ1) is 18.4. The zero-order valence-corrected chi connectivity index (χ0v) is 23.5. The minimum atomic E-state index is -0.545. The Morgan fingerprint density at radius 2 is 1.82 bits per heavy atom. The SMILES string of the molecule is CCOc1ccccc1NC(=O)C1=C(C)Nc2nc(SCC)nn2C1c1ccc(OC(C)C)c(OCC)c1. The quantitative estimate of drug-likeness (QED) is 0.292. The maximum atomic E-state index is 13.9. The van der Waals surface area contributed by atoms with Gasteiger partial charge in [0.25, 0.3) is 5.91 Å². The predicted octanol–water partition coefficient (Wildman–Crippen LogP) is 5.90. The van der Waals surface area contributed by atoms with Crippen molar-refractivity contribution in [2.45, 2.75) is 58.8 Å². The number of amides is 1. The van der Waals surface area contributed by atoms with Crippen LogP contribution in [0.3, 0.4) is 0 Å². The fraction of sp³-hybridized carbons (Fsp3) is 0.393. The lowest BCUT2D eigenvalue weighted by Crippen LogP contribution is -2.31. The average Bonchev–Trinajstić information content (AvgIpc) is 3.27. The Labute approximate surface area is 228 Å². The highest BCUT2D eigenvalue weighted by atomic mass is 32.2. The number of hydrogen-bond acceptors (Lipinski definition) is 8. The first-order valence-electron chi connectivity index (χ1n) is 12.9. The van der Waals surface area contributed by atoms with Crippen LogP contribution < -0.4 is 24.8 Å². The molecule has 0 spiro atoms. The molecule has 9 nitrogen and oxygen atoms in total. The van der Waals surface area contributed by atoms with E-state index in [4.69, 9.17) is 19.3 Å². The fourth-order valence-corrected chi connectivity index (χ4v) is 4.83. The summed E-state index contributed by atoms with van der Waals surface area (Å²) in [7, 11) is 0. The zero-order chi connectivity index (χ0) is 27.2. The largest absolute Gasteiger partial charge is 0.492 e. The Balaban J connectivity index is 1.80. The number of rotatable bonds is 11. The van der Waals surface area contributed by atoms with Crippen LogP contribution in [0.5, 0.6) is 17.2 Å². The first-order valence-corrected chi connectivity index (χ1v) is 13.9. The first kappa shape index (κ1) is 27.4. The Kier molecular flexibility index (Phi) is 8.83.